The normalized spacial score (nSPS) is 15.1. The Balaban J connectivity index is 1.76. The minimum atomic E-state index is -3.59. The molecule has 10 heteroatoms. The zero-order valence-corrected chi connectivity index (χ0v) is 24.4. The first kappa shape index (κ1) is 30.3. The number of halogens is 2. The fourth-order valence-corrected chi connectivity index (χ4v) is 6.25. The van der Waals surface area contributed by atoms with E-state index in [2.05, 4.69) is 5.32 Å². The summed E-state index contributed by atoms with van der Waals surface area (Å²) in [5.41, 5.74) is 1.20. The Morgan fingerprint density at radius 3 is 2.39 bits per heavy atom. The summed E-state index contributed by atoms with van der Waals surface area (Å²) in [7, 11) is -3.59. The standard InChI is InChI=1S/C28H37Cl2N3O4S/c1-3-26(28(35)31-23-13-5-4-6-14-23)32(20-21-11-7-8-16-25(21)30)27(34)17-10-18-33(38(2,36)37)24-15-9-12-22(29)19-24/h7-9,11-12,15-16,19,23,26H,3-6,10,13-14,17-18,20H2,1-2H3,(H,31,35). The third-order valence-electron chi connectivity index (χ3n) is 6.88. The van der Waals surface area contributed by atoms with Crippen LogP contribution in [0, 0.1) is 0 Å². The maximum atomic E-state index is 13.6. The lowest BCUT2D eigenvalue weighted by Gasteiger charge is -2.33. The summed E-state index contributed by atoms with van der Waals surface area (Å²) in [5.74, 6) is -0.383. The van der Waals surface area contributed by atoms with Gasteiger partial charge in [0.25, 0.3) is 0 Å². The van der Waals surface area contributed by atoms with Crippen molar-refractivity contribution < 1.29 is 18.0 Å². The molecule has 0 saturated heterocycles. The van der Waals surface area contributed by atoms with Crippen molar-refractivity contribution in [1.29, 1.82) is 0 Å². The van der Waals surface area contributed by atoms with Crippen LogP contribution in [-0.2, 0) is 26.2 Å². The highest BCUT2D eigenvalue weighted by atomic mass is 35.5. The second-order valence-corrected chi connectivity index (χ2v) is 12.5. The van der Waals surface area contributed by atoms with Crippen LogP contribution >= 0.6 is 23.2 Å². The van der Waals surface area contributed by atoms with Gasteiger partial charge >= 0.3 is 0 Å². The van der Waals surface area contributed by atoms with Crippen LogP contribution in [0.2, 0.25) is 10.0 Å². The molecule has 1 aliphatic rings. The van der Waals surface area contributed by atoms with Gasteiger partial charge in [-0.3, -0.25) is 13.9 Å². The van der Waals surface area contributed by atoms with Gasteiger partial charge in [0, 0.05) is 35.6 Å². The number of carbonyl (C=O) groups is 2. The number of nitrogens with zero attached hydrogens (tertiary/aromatic N) is 2. The van der Waals surface area contributed by atoms with Gasteiger partial charge < -0.3 is 10.2 Å². The molecule has 2 amide bonds. The van der Waals surface area contributed by atoms with Crippen molar-refractivity contribution in [2.24, 2.45) is 0 Å². The van der Waals surface area contributed by atoms with Crippen LogP contribution < -0.4 is 9.62 Å². The molecule has 1 fully saturated rings. The molecule has 208 valence electrons. The second kappa shape index (κ2) is 14.2. The Hall–Kier alpha value is -2.29. The Labute approximate surface area is 236 Å². The first-order chi connectivity index (χ1) is 18.1. The maximum Gasteiger partial charge on any atom is 0.243 e. The Bertz CT molecular complexity index is 1200. The van der Waals surface area contributed by atoms with Crippen molar-refractivity contribution in [3.63, 3.8) is 0 Å². The number of amides is 2. The van der Waals surface area contributed by atoms with Gasteiger partial charge in [0.1, 0.15) is 6.04 Å². The molecule has 0 aliphatic heterocycles. The molecule has 2 aromatic rings. The van der Waals surface area contributed by atoms with E-state index in [1.165, 1.54) is 10.7 Å². The molecular formula is C28H37Cl2N3O4S. The smallest absolute Gasteiger partial charge is 0.243 e. The summed E-state index contributed by atoms with van der Waals surface area (Å²) in [6.45, 7) is 2.19. The molecule has 1 aliphatic carbocycles. The van der Waals surface area contributed by atoms with Gasteiger partial charge in [0.05, 0.1) is 11.9 Å². The van der Waals surface area contributed by atoms with E-state index in [0.29, 0.717) is 22.2 Å². The minimum absolute atomic E-state index is 0.0737. The number of carbonyl (C=O) groups excluding carboxylic acids is 2. The van der Waals surface area contributed by atoms with Gasteiger partial charge in [0.2, 0.25) is 21.8 Å². The number of sulfonamides is 1. The Morgan fingerprint density at radius 1 is 1.05 bits per heavy atom. The monoisotopic (exact) mass is 581 g/mol. The van der Waals surface area contributed by atoms with Crippen molar-refractivity contribution >= 4 is 50.7 Å². The summed E-state index contributed by atoms with van der Waals surface area (Å²) in [5, 5.41) is 4.11. The third kappa shape index (κ3) is 8.61. The van der Waals surface area contributed by atoms with Crippen LogP contribution in [0.25, 0.3) is 0 Å². The van der Waals surface area contributed by atoms with Crippen molar-refractivity contribution in [2.75, 3.05) is 17.1 Å². The molecule has 3 rings (SSSR count). The summed E-state index contributed by atoms with van der Waals surface area (Å²) in [6, 6.07) is 13.4. The molecule has 1 atom stereocenters. The maximum absolute atomic E-state index is 13.6. The van der Waals surface area contributed by atoms with E-state index >= 15 is 0 Å². The average Bonchev–Trinajstić information content (AvgIpc) is 2.87. The highest BCUT2D eigenvalue weighted by Gasteiger charge is 2.30. The van der Waals surface area contributed by atoms with Gasteiger partial charge in [-0.2, -0.15) is 0 Å². The minimum Gasteiger partial charge on any atom is -0.352 e. The third-order valence-corrected chi connectivity index (χ3v) is 8.68. The van der Waals surface area contributed by atoms with E-state index in [4.69, 9.17) is 23.2 Å². The fraction of sp³-hybridized carbons (Fsp3) is 0.500. The quantitative estimate of drug-likeness (QED) is 0.343. The lowest BCUT2D eigenvalue weighted by Crippen LogP contribution is -2.51. The number of hydrogen-bond donors (Lipinski definition) is 1. The topological polar surface area (TPSA) is 86.8 Å². The van der Waals surface area contributed by atoms with Gasteiger partial charge in [0.15, 0.2) is 0 Å². The number of rotatable bonds is 12. The first-order valence-corrected chi connectivity index (χ1v) is 15.8. The summed E-state index contributed by atoms with van der Waals surface area (Å²) >= 11 is 12.5. The molecule has 0 bridgehead atoms. The molecule has 7 nitrogen and oxygen atoms in total. The lowest BCUT2D eigenvalue weighted by molar-refractivity contribution is -0.141. The van der Waals surface area contributed by atoms with E-state index in [-0.39, 0.29) is 43.8 Å². The van der Waals surface area contributed by atoms with Gasteiger partial charge in [-0.05, 0) is 55.5 Å². The van der Waals surface area contributed by atoms with Gasteiger partial charge in [-0.25, -0.2) is 8.42 Å². The number of benzene rings is 2. The van der Waals surface area contributed by atoms with Crippen molar-refractivity contribution in [3.05, 3.63) is 64.1 Å². The molecule has 0 heterocycles. The van der Waals surface area contributed by atoms with E-state index in [0.717, 1.165) is 37.5 Å². The molecule has 2 aromatic carbocycles. The molecule has 38 heavy (non-hydrogen) atoms. The molecule has 1 unspecified atom stereocenters. The van der Waals surface area contributed by atoms with E-state index in [9.17, 15) is 18.0 Å². The zero-order chi connectivity index (χ0) is 27.7. The average molecular weight is 583 g/mol. The molecule has 1 saturated carbocycles. The van der Waals surface area contributed by atoms with Gasteiger partial charge in [-0.15, -0.1) is 0 Å². The Morgan fingerprint density at radius 2 is 1.76 bits per heavy atom. The second-order valence-electron chi connectivity index (χ2n) is 9.80. The van der Waals surface area contributed by atoms with Crippen LogP contribution in [0.3, 0.4) is 0 Å². The van der Waals surface area contributed by atoms with Crippen LogP contribution in [-0.4, -0.2) is 50.0 Å². The fourth-order valence-electron chi connectivity index (χ4n) is 4.91. The largest absolute Gasteiger partial charge is 0.352 e. The predicted octanol–water partition coefficient (Wildman–Crippen LogP) is 5.80. The van der Waals surface area contributed by atoms with Crippen molar-refractivity contribution in [1.82, 2.24) is 10.2 Å². The molecular weight excluding hydrogens is 545 g/mol. The van der Waals surface area contributed by atoms with Crippen LogP contribution in [0.4, 0.5) is 5.69 Å². The molecule has 0 radical (unpaired) electrons. The van der Waals surface area contributed by atoms with E-state index in [1.807, 2.05) is 25.1 Å². The SMILES string of the molecule is CCC(C(=O)NC1CCCCC1)N(Cc1ccccc1Cl)C(=O)CCCN(c1cccc(Cl)c1)S(C)(=O)=O. The summed E-state index contributed by atoms with van der Waals surface area (Å²) in [4.78, 5) is 28.5. The Kier molecular flexibility index (Phi) is 11.3. The van der Waals surface area contributed by atoms with E-state index in [1.54, 1.807) is 35.2 Å². The van der Waals surface area contributed by atoms with Gasteiger partial charge in [-0.1, -0.05) is 73.7 Å². The summed E-state index contributed by atoms with van der Waals surface area (Å²) in [6.07, 6.45) is 7.19. The predicted molar refractivity (Wildman–Crippen MR) is 154 cm³/mol. The number of anilines is 1. The van der Waals surface area contributed by atoms with Crippen LogP contribution in [0.15, 0.2) is 48.5 Å². The highest BCUT2D eigenvalue weighted by molar-refractivity contribution is 7.92. The number of hydrogen-bond acceptors (Lipinski definition) is 4. The van der Waals surface area contributed by atoms with Crippen molar-refractivity contribution in [2.45, 2.75) is 76.9 Å². The molecule has 0 aromatic heterocycles. The lowest BCUT2D eigenvalue weighted by atomic mass is 9.95. The molecule has 0 spiro atoms. The van der Waals surface area contributed by atoms with Crippen LogP contribution in [0.5, 0.6) is 0 Å². The molecule has 1 N–H and O–H groups in total. The number of nitrogens with one attached hydrogen (secondary N) is 1. The first-order valence-electron chi connectivity index (χ1n) is 13.2. The van der Waals surface area contributed by atoms with E-state index < -0.39 is 16.1 Å². The van der Waals surface area contributed by atoms with Crippen LogP contribution in [0.1, 0.15) is 63.9 Å². The highest BCUT2D eigenvalue weighted by Crippen LogP contribution is 2.24. The summed E-state index contributed by atoms with van der Waals surface area (Å²) < 4.78 is 26.2. The van der Waals surface area contributed by atoms with Crippen molar-refractivity contribution in [3.8, 4) is 0 Å². The zero-order valence-electron chi connectivity index (χ0n) is 22.0.